The zero-order chi connectivity index (χ0) is 11.7. The lowest BCUT2D eigenvalue weighted by Crippen LogP contribution is -2.06. The molecule has 3 rings (SSSR count). The molecule has 2 aromatic heterocycles. The van der Waals surface area contributed by atoms with Crippen molar-refractivity contribution in [3.8, 4) is 11.4 Å². The van der Waals surface area contributed by atoms with Gasteiger partial charge in [0.2, 0.25) is 0 Å². The third-order valence-corrected chi connectivity index (χ3v) is 2.98. The molecular weight excluding hydrogens is 216 g/mol. The van der Waals surface area contributed by atoms with Crippen molar-refractivity contribution >= 4 is 0 Å². The van der Waals surface area contributed by atoms with Gasteiger partial charge in [-0.2, -0.15) is 5.10 Å². The molecule has 17 heavy (non-hydrogen) atoms. The molecular formula is C12H14N4O. The first-order valence-corrected chi connectivity index (χ1v) is 5.81. The Bertz CT molecular complexity index is 504. The van der Waals surface area contributed by atoms with E-state index in [0.717, 1.165) is 29.5 Å². The minimum atomic E-state index is 0.0139. The van der Waals surface area contributed by atoms with Crippen molar-refractivity contribution in [1.29, 1.82) is 0 Å². The maximum Gasteiger partial charge on any atom is 0.113 e. The van der Waals surface area contributed by atoms with Gasteiger partial charge in [0.05, 0.1) is 18.5 Å². The van der Waals surface area contributed by atoms with Crippen LogP contribution >= 0.6 is 0 Å². The van der Waals surface area contributed by atoms with Crippen LogP contribution in [-0.4, -0.2) is 24.9 Å². The molecule has 0 atom stereocenters. The summed E-state index contributed by atoms with van der Waals surface area (Å²) in [7, 11) is 0. The highest BCUT2D eigenvalue weighted by Gasteiger charge is 2.23. The molecule has 5 nitrogen and oxygen atoms in total. The fourth-order valence-corrected chi connectivity index (χ4v) is 1.84. The van der Waals surface area contributed by atoms with E-state index in [0.29, 0.717) is 0 Å². The van der Waals surface area contributed by atoms with Gasteiger partial charge in [0.25, 0.3) is 0 Å². The molecule has 1 aliphatic carbocycles. The summed E-state index contributed by atoms with van der Waals surface area (Å²) >= 11 is 0. The van der Waals surface area contributed by atoms with Gasteiger partial charge in [0.15, 0.2) is 0 Å². The van der Waals surface area contributed by atoms with Crippen LogP contribution in [0.3, 0.4) is 0 Å². The number of rotatable bonds is 4. The summed E-state index contributed by atoms with van der Waals surface area (Å²) < 4.78 is 1.89. The lowest BCUT2D eigenvalue weighted by Gasteiger charge is -2.02. The molecule has 1 fully saturated rings. The van der Waals surface area contributed by atoms with Crippen LogP contribution in [0, 0.1) is 5.92 Å². The van der Waals surface area contributed by atoms with E-state index in [-0.39, 0.29) is 6.61 Å². The molecule has 2 heterocycles. The third-order valence-electron chi connectivity index (χ3n) is 2.98. The summed E-state index contributed by atoms with van der Waals surface area (Å²) in [4.78, 5) is 8.24. The maximum absolute atomic E-state index is 9.32. The van der Waals surface area contributed by atoms with Gasteiger partial charge in [-0.15, -0.1) is 0 Å². The Labute approximate surface area is 99.1 Å². The molecule has 2 aromatic rings. The van der Waals surface area contributed by atoms with Gasteiger partial charge in [0, 0.05) is 18.9 Å². The Morgan fingerprint density at radius 3 is 2.82 bits per heavy atom. The molecule has 5 heteroatoms. The van der Waals surface area contributed by atoms with Crippen LogP contribution in [0.15, 0.2) is 24.7 Å². The van der Waals surface area contributed by atoms with Gasteiger partial charge in [-0.25, -0.2) is 0 Å². The van der Waals surface area contributed by atoms with Gasteiger partial charge >= 0.3 is 0 Å². The lowest BCUT2D eigenvalue weighted by atomic mass is 10.3. The van der Waals surface area contributed by atoms with E-state index in [1.54, 1.807) is 18.6 Å². The molecule has 1 N–H and O–H groups in total. The van der Waals surface area contributed by atoms with E-state index in [9.17, 15) is 5.11 Å². The minimum absolute atomic E-state index is 0.0139. The largest absolute Gasteiger partial charge is 0.390 e. The summed E-state index contributed by atoms with van der Waals surface area (Å²) in [6.07, 6.45) is 7.51. The maximum atomic E-state index is 9.32. The topological polar surface area (TPSA) is 63.8 Å². The van der Waals surface area contributed by atoms with Crippen molar-refractivity contribution in [2.75, 3.05) is 0 Å². The Kier molecular flexibility index (Phi) is 2.60. The first kappa shape index (κ1) is 10.4. The van der Waals surface area contributed by atoms with Crippen molar-refractivity contribution in [2.24, 2.45) is 5.92 Å². The normalized spacial score (nSPS) is 15.1. The fraction of sp³-hybridized carbons (Fsp3) is 0.417. The van der Waals surface area contributed by atoms with E-state index in [1.165, 1.54) is 12.8 Å². The van der Waals surface area contributed by atoms with Crippen LogP contribution < -0.4 is 0 Å². The molecule has 88 valence electrons. The third kappa shape index (κ3) is 2.19. The Hall–Kier alpha value is -1.75. The Balaban J connectivity index is 1.92. The van der Waals surface area contributed by atoms with Crippen LogP contribution in [0.2, 0.25) is 0 Å². The number of aromatic nitrogens is 4. The van der Waals surface area contributed by atoms with E-state index >= 15 is 0 Å². The summed E-state index contributed by atoms with van der Waals surface area (Å²) in [6, 6.07) is 1.88. The molecule has 1 saturated carbocycles. The molecule has 0 saturated heterocycles. The summed E-state index contributed by atoms with van der Waals surface area (Å²) in [6.45, 7) is 0.913. The SMILES string of the molecule is OCc1cc(-c2cnccn2)nn1CC1CC1. The van der Waals surface area contributed by atoms with Gasteiger partial charge in [-0.05, 0) is 24.8 Å². The fourth-order valence-electron chi connectivity index (χ4n) is 1.84. The predicted molar refractivity (Wildman–Crippen MR) is 61.9 cm³/mol. The van der Waals surface area contributed by atoms with Crippen molar-refractivity contribution < 1.29 is 5.11 Å². The van der Waals surface area contributed by atoms with Crippen LogP contribution in [0.4, 0.5) is 0 Å². The average Bonchev–Trinajstić information content (AvgIpc) is 3.09. The van der Waals surface area contributed by atoms with Crippen molar-refractivity contribution in [3.63, 3.8) is 0 Å². The Morgan fingerprint density at radius 1 is 1.29 bits per heavy atom. The molecule has 0 bridgehead atoms. The molecule has 0 spiro atoms. The zero-order valence-corrected chi connectivity index (χ0v) is 9.45. The van der Waals surface area contributed by atoms with Gasteiger partial charge in [-0.3, -0.25) is 14.6 Å². The van der Waals surface area contributed by atoms with Crippen molar-refractivity contribution in [3.05, 3.63) is 30.4 Å². The van der Waals surface area contributed by atoms with Gasteiger partial charge < -0.3 is 5.11 Å². The number of nitrogens with zero attached hydrogens (tertiary/aromatic N) is 4. The quantitative estimate of drug-likeness (QED) is 0.858. The molecule has 0 aliphatic heterocycles. The molecule has 0 aromatic carbocycles. The van der Waals surface area contributed by atoms with E-state index in [2.05, 4.69) is 15.1 Å². The minimum Gasteiger partial charge on any atom is -0.390 e. The van der Waals surface area contributed by atoms with Crippen LogP contribution in [-0.2, 0) is 13.2 Å². The first-order chi connectivity index (χ1) is 8.36. The van der Waals surface area contributed by atoms with Crippen LogP contribution in [0.1, 0.15) is 18.5 Å². The van der Waals surface area contributed by atoms with Gasteiger partial charge in [0.1, 0.15) is 11.4 Å². The first-order valence-electron chi connectivity index (χ1n) is 5.81. The average molecular weight is 230 g/mol. The lowest BCUT2D eigenvalue weighted by molar-refractivity contribution is 0.266. The smallest absolute Gasteiger partial charge is 0.113 e. The van der Waals surface area contributed by atoms with Crippen LogP contribution in [0.5, 0.6) is 0 Å². The highest BCUT2D eigenvalue weighted by atomic mass is 16.3. The van der Waals surface area contributed by atoms with Crippen molar-refractivity contribution in [2.45, 2.75) is 26.0 Å². The zero-order valence-electron chi connectivity index (χ0n) is 9.45. The molecule has 1 aliphatic rings. The molecule has 0 radical (unpaired) electrons. The van der Waals surface area contributed by atoms with Gasteiger partial charge in [-0.1, -0.05) is 0 Å². The van der Waals surface area contributed by atoms with E-state index in [4.69, 9.17) is 0 Å². The van der Waals surface area contributed by atoms with Crippen molar-refractivity contribution in [1.82, 2.24) is 19.7 Å². The highest BCUT2D eigenvalue weighted by Crippen LogP contribution is 2.31. The molecule has 0 unspecified atom stereocenters. The second kappa shape index (κ2) is 4.25. The number of hydrogen-bond donors (Lipinski definition) is 1. The van der Waals surface area contributed by atoms with E-state index in [1.807, 2.05) is 10.7 Å². The predicted octanol–water partition coefficient (Wildman–Crippen LogP) is 1.24. The summed E-state index contributed by atoms with van der Waals surface area (Å²) in [5, 5.41) is 13.8. The monoisotopic (exact) mass is 230 g/mol. The number of aliphatic hydroxyl groups excluding tert-OH is 1. The standard InChI is InChI=1S/C12H14N4O/c17-8-10-5-11(12-6-13-3-4-14-12)15-16(10)7-9-1-2-9/h3-6,9,17H,1-2,7-8H2. The second-order valence-corrected chi connectivity index (χ2v) is 4.40. The number of aliphatic hydroxyl groups is 1. The van der Waals surface area contributed by atoms with E-state index < -0.39 is 0 Å². The van der Waals surface area contributed by atoms with Crippen LogP contribution in [0.25, 0.3) is 11.4 Å². The number of hydrogen-bond acceptors (Lipinski definition) is 4. The Morgan fingerprint density at radius 2 is 2.18 bits per heavy atom. The second-order valence-electron chi connectivity index (χ2n) is 4.40. The summed E-state index contributed by atoms with van der Waals surface area (Å²) in [5.74, 6) is 0.731. The highest BCUT2D eigenvalue weighted by molar-refractivity contribution is 5.52. The molecule has 0 amide bonds. The summed E-state index contributed by atoms with van der Waals surface area (Å²) in [5.41, 5.74) is 2.37.